The Balaban J connectivity index is 2.75. The van der Waals surface area contributed by atoms with Gasteiger partial charge in [-0.2, -0.15) is 0 Å². The van der Waals surface area contributed by atoms with Gasteiger partial charge in [0.25, 0.3) is 0 Å². The second-order valence-electron chi connectivity index (χ2n) is 1.85. The highest BCUT2D eigenvalue weighted by atomic mass is 35.5. The van der Waals surface area contributed by atoms with Crippen LogP contribution in [0.1, 0.15) is 0 Å². The molecule has 7 heteroatoms. The van der Waals surface area contributed by atoms with E-state index in [1.807, 2.05) is 0 Å². The number of nitrogens with zero attached hydrogens (tertiary/aromatic N) is 1. The third kappa shape index (κ3) is 3.30. The summed E-state index contributed by atoms with van der Waals surface area (Å²) in [5, 5.41) is 8.92. The molecule has 0 unspecified atom stereocenters. The molecule has 0 fully saturated rings. The number of aromatic nitrogens is 1. The molecule has 0 amide bonds. The minimum absolute atomic E-state index is 0.219. The molecule has 1 N–H and O–H groups in total. The highest BCUT2D eigenvalue weighted by Crippen LogP contribution is 2.27. The Bertz CT molecular complexity index is 334. The summed E-state index contributed by atoms with van der Waals surface area (Å²) in [7, 11) is 0. The summed E-state index contributed by atoms with van der Waals surface area (Å²) in [5.74, 6) is 0. The molecule has 1 aromatic rings. The van der Waals surface area contributed by atoms with Gasteiger partial charge < -0.3 is 9.29 Å². The van der Waals surface area contributed by atoms with Gasteiger partial charge in [-0.25, -0.2) is 9.78 Å². The molecule has 1 aromatic heterocycles. The smallest absolute Gasteiger partial charge is 0.449 e. The third-order valence-electron chi connectivity index (χ3n) is 0.972. The van der Waals surface area contributed by atoms with Crippen LogP contribution in [0, 0.1) is 0 Å². The number of carboxylic acid groups (broad SMARTS) is 1. The van der Waals surface area contributed by atoms with Crippen LogP contribution in [0.15, 0.2) is 17.2 Å². The van der Waals surface area contributed by atoms with Crippen molar-refractivity contribution < 1.29 is 14.1 Å². The van der Waals surface area contributed by atoms with E-state index in [0.29, 0.717) is 12.0 Å². The van der Waals surface area contributed by atoms with Gasteiger partial charge in [0, 0.05) is 0 Å². The van der Waals surface area contributed by atoms with Crippen molar-refractivity contribution in [1.29, 1.82) is 0 Å². The van der Waals surface area contributed by atoms with E-state index in [-0.39, 0.29) is 15.2 Å². The van der Waals surface area contributed by atoms with Crippen LogP contribution in [0.25, 0.3) is 0 Å². The van der Waals surface area contributed by atoms with Gasteiger partial charge in [0.15, 0.2) is 5.03 Å². The number of pyridine rings is 1. The average Bonchev–Trinajstić information content (AvgIpc) is 2.06. The van der Waals surface area contributed by atoms with Crippen molar-refractivity contribution in [2.75, 3.05) is 0 Å². The van der Waals surface area contributed by atoms with Crippen LogP contribution >= 0.6 is 35.2 Å². The van der Waals surface area contributed by atoms with Gasteiger partial charge in [-0.15, -0.1) is 0 Å². The summed E-state index contributed by atoms with van der Waals surface area (Å²) in [6, 6.07) is 3.00. The Labute approximate surface area is 88.0 Å². The maximum absolute atomic E-state index is 10.0. The van der Waals surface area contributed by atoms with Crippen LogP contribution in [0.2, 0.25) is 10.2 Å². The first-order valence-corrected chi connectivity index (χ1v) is 4.49. The fourth-order valence-corrected chi connectivity index (χ4v) is 1.37. The second-order valence-corrected chi connectivity index (χ2v) is 3.37. The molecule has 0 radical (unpaired) electrons. The van der Waals surface area contributed by atoms with Gasteiger partial charge in [0.2, 0.25) is 0 Å². The minimum atomic E-state index is -1.41. The molecular weight excluding hydrogens is 237 g/mol. The number of halogens is 2. The van der Waals surface area contributed by atoms with E-state index >= 15 is 0 Å². The number of carbonyl (C=O) groups is 1. The summed E-state index contributed by atoms with van der Waals surface area (Å²) in [5.41, 5.74) is 0. The molecule has 70 valence electrons. The Kier molecular flexibility index (Phi) is 3.65. The summed E-state index contributed by atoms with van der Waals surface area (Å²) >= 11 is 11.8. The molecule has 0 spiro atoms. The second kappa shape index (κ2) is 4.55. The van der Waals surface area contributed by atoms with Gasteiger partial charge >= 0.3 is 6.16 Å². The lowest BCUT2D eigenvalue weighted by Gasteiger charge is -2.00. The highest BCUT2D eigenvalue weighted by Gasteiger charge is 2.07. The van der Waals surface area contributed by atoms with Gasteiger partial charge in [0.1, 0.15) is 17.2 Å². The maximum atomic E-state index is 10.0. The largest absolute Gasteiger partial charge is 0.518 e. The van der Waals surface area contributed by atoms with Crippen molar-refractivity contribution in [3.63, 3.8) is 0 Å². The van der Waals surface area contributed by atoms with Crippen LogP contribution < -0.4 is 0 Å². The highest BCUT2D eigenvalue weighted by molar-refractivity contribution is 7.95. The van der Waals surface area contributed by atoms with Crippen LogP contribution in [-0.4, -0.2) is 16.2 Å². The van der Waals surface area contributed by atoms with Crippen LogP contribution in [-0.2, 0) is 4.18 Å². The monoisotopic (exact) mass is 239 g/mol. The van der Waals surface area contributed by atoms with E-state index < -0.39 is 6.16 Å². The lowest BCUT2D eigenvalue weighted by atomic mass is 10.5. The van der Waals surface area contributed by atoms with Gasteiger partial charge in [0.05, 0.1) is 5.02 Å². The number of hydrogen-bond donors (Lipinski definition) is 1. The predicted molar refractivity (Wildman–Crippen MR) is 49.2 cm³/mol. The number of rotatable bonds is 2. The molecule has 0 aliphatic rings. The maximum Gasteiger partial charge on any atom is 0.518 e. The van der Waals surface area contributed by atoms with E-state index in [4.69, 9.17) is 28.3 Å². The topological polar surface area (TPSA) is 59.4 Å². The van der Waals surface area contributed by atoms with Gasteiger partial charge in [-0.05, 0) is 12.1 Å². The van der Waals surface area contributed by atoms with Crippen molar-refractivity contribution in [3.8, 4) is 0 Å². The summed E-state index contributed by atoms with van der Waals surface area (Å²) < 4.78 is 4.19. The molecule has 13 heavy (non-hydrogen) atoms. The molecule has 1 heterocycles. The lowest BCUT2D eigenvalue weighted by molar-refractivity contribution is 0.153. The normalized spacial score (nSPS) is 9.69. The first kappa shape index (κ1) is 10.4. The van der Waals surface area contributed by atoms with Gasteiger partial charge in [-0.1, -0.05) is 23.2 Å². The zero-order chi connectivity index (χ0) is 9.84. The first-order chi connectivity index (χ1) is 6.09. The Morgan fingerprint density at radius 1 is 1.54 bits per heavy atom. The fourth-order valence-electron chi connectivity index (χ4n) is 0.534. The Morgan fingerprint density at radius 2 is 2.23 bits per heavy atom. The molecule has 4 nitrogen and oxygen atoms in total. The molecule has 0 bridgehead atoms. The predicted octanol–water partition coefficient (Wildman–Crippen LogP) is 3.09. The Morgan fingerprint density at radius 3 is 2.85 bits per heavy atom. The van der Waals surface area contributed by atoms with Crippen LogP contribution in [0.4, 0.5) is 4.79 Å². The van der Waals surface area contributed by atoms with Gasteiger partial charge in [-0.3, -0.25) is 0 Å². The van der Waals surface area contributed by atoms with E-state index in [2.05, 4.69) is 9.17 Å². The Hall–Kier alpha value is -0.650. The minimum Gasteiger partial charge on any atom is -0.449 e. The van der Waals surface area contributed by atoms with Crippen molar-refractivity contribution in [1.82, 2.24) is 4.98 Å². The molecule has 0 aliphatic carbocycles. The summed E-state index contributed by atoms with van der Waals surface area (Å²) in [6.45, 7) is 0. The van der Waals surface area contributed by atoms with Crippen molar-refractivity contribution in [3.05, 3.63) is 22.3 Å². The quantitative estimate of drug-likeness (QED) is 0.635. The molecule has 0 saturated carbocycles. The first-order valence-electron chi connectivity index (χ1n) is 2.99. The lowest BCUT2D eigenvalue weighted by Crippen LogP contribution is -1.92. The molecule has 0 atom stereocenters. The van der Waals surface area contributed by atoms with Crippen molar-refractivity contribution >= 4 is 41.4 Å². The zero-order valence-corrected chi connectivity index (χ0v) is 8.36. The van der Waals surface area contributed by atoms with E-state index in [0.717, 1.165) is 0 Å². The van der Waals surface area contributed by atoms with Crippen LogP contribution in [0.3, 0.4) is 0 Å². The summed E-state index contributed by atoms with van der Waals surface area (Å²) in [6.07, 6.45) is -1.41. The van der Waals surface area contributed by atoms with E-state index in [1.54, 1.807) is 0 Å². The van der Waals surface area contributed by atoms with Crippen molar-refractivity contribution in [2.45, 2.75) is 5.03 Å². The summed E-state index contributed by atoms with van der Waals surface area (Å²) in [4.78, 5) is 13.8. The molecule has 0 aliphatic heterocycles. The number of hydrogen-bond acceptors (Lipinski definition) is 4. The third-order valence-corrected chi connectivity index (χ3v) is 2.29. The van der Waals surface area contributed by atoms with Crippen LogP contribution in [0.5, 0.6) is 0 Å². The van der Waals surface area contributed by atoms with E-state index in [9.17, 15) is 4.79 Å². The molecule has 0 aromatic carbocycles. The average molecular weight is 240 g/mol. The standard InChI is InChI=1S/C6H3Cl2NO3S/c7-3-1-2-4(8)9-5(3)13-12-6(10)11/h1-2H,(H,10,11). The molecule has 1 rings (SSSR count). The SMILES string of the molecule is O=C(O)OSc1nc(Cl)ccc1Cl. The fraction of sp³-hybridized carbons (Fsp3) is 0. The van der Waals surface area contributed by atoms with Crippen molar-refractivity contribution in [2.24, 2.45) is 0 Å². The molecular formula is C6H3Cl2NO3S. The van der Waals surface area contributed by atoms with E-state index in [1.165, 1.54) is 12.1 Å². The molecule has 0 saturated heterocycles. The zero-order valence-electron chi connectivity index (χ0n) is 6.03.